The molecule has 0 aromatic heterocycles. The lowest BCUT2D eigenvalue weighted by atomic mass is 9.99. The van der Waals surface area contributed by atoms with Gasteiger partial charge in [0, 0.05) is 24.2 Å². The summed E-state index contributed by atoms with van der Waals surface area (Å²) >= 11 is 18.4. The van der Waals surface area contributed by atoms with E-state index in [0.717, 1.165) is 30.2 Å². The van der Waals surface area contributed by atoms with E-state index < -0.39 is 0 Å². The molecule has 0 amide bonds. The van der Waals surface area contributed by atoms with Crippen LogP contribution in [-0.4, -0.2) is 13.1 Å². The molecule has 1 aliphatic heterocycles. The summed E-state index contributed by atoms with van der Waals surface area (Å²) in [5, 5.41) is 2.00. The molecule has 1 radical (unpaired) electrons. The van der Waals surface area contributed by atoms with Crippen molar-refractivity contribution in [3.63, 3.8) is 0 Å². The van der Waals surface area contributed by atoms with E-state index in [2.05, 4.69) is 29.2 Å². The van der Waals surface area contributed by atoms with Gasteiger partial charge < -0.3 is 4.90 Å². The first-order valence-corrected chi connectivity index (χ1v) is 7.84. The van der Waals surface area contributed by atoms with Crippen molar-refractivity contribution >= 4 is 46.1 Å². The Morgan fingerprint density at radius 2 is 1.76 bits per heavy atom. The average Bonchev–Trinajstić information content (AvgIpc) is 2.49. The predicted molar refractivity (Wildman–Crippen MR) is 91.6 cm³/mol. The number of hydrogen-bond donors (Lipinski definition) is 0. The van der Waals surface area contributed by atoms with Crippen LogP contribution in [0.1, 0.15) is 12.0 Å². The molecule has 0 saturated heterocycles. The van der Waals surface area contributed by atoms with Crippen LogP contribution in [0.5, 0.6) is 0 Å². The summed E-state index contributed by atoms with van der Waals surface area (Å²) in [7, 11) is 0. The van der Waals surface area contributed by atoms with Crippen LogP contribution in [0.4, 0.5) is 5.69 Å². The Kier molecular flexibility index (Phi) is 4.44. The Morgan fingerprint density at radius 3 is 2.38 bits per heavy atom. The predicted octanol–water partition coefficient (Wildman–Crippen LogP) is 5.74. The van der Waals surface area contributed by atoms with Crippen molar-refractivity contribution in [3.8, 4) is 0 Å². The van der Waals surface area contributed by atoms with Crippen LogP contribution in [0.25, 0.3) is 5.57 Å². The summed E-state index contributed by atoms with van der Waals surface area (Å²) in [5.74, 6) is 0. The molecule has 0 bridgehead atoms. The first kappa shape index (κ1) is 14.8. The van der Waals surface area contributed by atoms with E-state index in [1.54, 1.807) is 6.07 Å². The van der Waals surface area contributed by atoms with Crippen molar-refractivity contribution in [2.24, 2.45) is 0 Å². The minimum atomic E-state index is 0.575. The van der Waals surface area contributed by atoms with E-state index in [9.17, 15) is 0 Å². The molecule has 2 aromatic rings. The summed E-state index contributed by atoms with van der Waals surface area (Å²) in [6, 6.07) is 14.5. The van der Waals surface area contributed by atoms with Crippen LogP contribution in [0.15, 0.2) is 42.5 Å². The Labute approximate surface area is 139 Å². The molecular weight excluding hydrogens is 325 g/mol. The van der Waals surface area contributed by atoms with Gasteiger partial charge in [0.2, 0.25) is 0 Å². The lowest BCUT2D eigenvalue weighted by Crippen LogP contribution is -2.28. The summed E-state index contributed by atoms with van der Waals surface area (Å²) in [6.45, 7) is 1.67. The van der Waals surface area contributed by atoms with Gasteiger partial charge in [-0.15, -0.1) is 0 Å². The van der Waals surface area contributed by atoms with Crippen LogP contribution >= 0.6 is 34.8 Å². The molecule has 1 heterocycles. The molecule has 1 aliphatic rings. The molecule has 21 heavy (non-hydrogen) atoms. The zero-order chi connectivity index (χ0) is 14.8. The maximum atomic E-state index is 6.25. The van der Waals surface area contributed by atoms with Crippen LogP contribution in [-0.2, 0) is 0 Å². The van der Waals surface area contributed by atoms with Crippen molar-refractivity contribution in [2.45, 2.75) is 6.42 Å². The largest absolute Gasteiger partial charge is 0.365 e. The highest BCUT2D eigenvalue weighted by molar-refractivity contribution is 6.39. The number of nitrogens with zero attached hydrogens (tertiary/aromatic N) is 1. The molecule has 1 nitrogen and oxygen atoms in total. The average molecular weight is 338 g/mol. The zero-order valence-electron chi connectivity index (χ0n) is 11.2. The monoisotopic (exact) mass is 336 g/mol. The molecule has 4 heteroatoms. The van der Waals surface area contributed by atoms with Gasteiger partial charge in [0.15, 0.2) is 0 Å². The van der Waals surface area contributed by atoms with E-state index in [1.165, 1.54) is 11.1 Å². The van der Waals surface area contributed by atoms with Gasteiger partial charge in [-0.25, -0.2) is 0 Å². The topological polar surface area (TPSA) is 3.24 Å². The first-order valence-electron chi connectivity index (χ1n) is 6.71. The second kappa shape index (κ2) is 6.31. The third kappa shape index (κ3) is 3.21. The lowest BCUT2D eigenvalue weighted by molar-refractivity contribution is 0.833. The SMILES string of the molecule is Clc1ccc(C2=CCN(c3c(Cl)[c]ccc3Cl)CC2)cc1. The highest BCUT2D eigenvalue weighted by Crippen LogP contribution is 2.35. The van der Waals surface area contributed by atoms with E-state index in [1.807, 2.05) is 18.2 Å². The molecule has 0 N–H and O–H groups in total. The van der Waals surface area contributed by atoms with E-state index in [0.29, 0.717) is 10.0 Å². The van der Waals surface area contributed by atoms with Crippen molar-refractivity contribution < 1.29 is 0 Å². The molecule has 0 atom stereocenters. The minimum absolute atomic E-state index is 0.575. The Balaban J connectivity index is 1.82. The smallest absolute Gasteiger partial charge is 0.0754 e. The fourth-order valence-corrected chi connectivity index (χ4v) is 3.26. The first-order chi connectivity index (χ1) is 10.1. The molecule has 2 aromatic carbocycles. The van der Waals surface area contributed by atoms with E-state index in [-0.39, 0.29) is 0 Å². The van der Waals surface area contributed by atoms with Gasteiger partial charge in [-0.05, 0) is 35.8 Å². The Morgan fingerprint density at radius 1 is 1.00 bits per heavy atom. The standard InChI is InChI=1S/C17H13Cl3N/c18-14-6-4-12(5-7-14)13-8-10-21(11-9-13)17-15(19)2-1-3-16(17)20/h1-2,4-8H,9-11H2. The lowest BCUT2D eigenvalue weighted by Gasteiger charge is -2.30. The van der Waals surface area contributed by atoms with E-state index >= 15 is 0 Å². The van der Waals surface area contributed by atoms with Gasteiger partial charge in [-0.2, -0.15) is 0 Å². The number of rotatable bonds is 2. The molecular formula is C17H13Cl3N. The highest BCUT2D eigenvalue weighted by Gasteiger charge is 2.18. The minimum Gasteiger partial charge on any atom is -0.365 e. The van der Waals surface area contributed by atoms with E-state index in [4.69, 9.17) is 34.8 Å². The maximum absolute atomic E-state index is 6.25. The molecule has 0 saturated carbocycles. The molecule has 0 aliphatic carbocycles. The number of anilines is 1. The van der Waals surface area contributed by atoms with Crippen LogP contribution in [0.2, 0.25) is 15.1 Å². The molecule has 0 fully saturated rings. The van der Waals surface area contributed by atoms with Crippen molar-refractivity contribution in [1.82, 2.24) is 0 Å². The Hall–Kier alpha value is -1.15. The van der Waals surface area contributed by atoms with Crippen molar-refractivity contribution in [3.05, 3.63) is 69.2 Å². The summed E-state index contributed by atoms with van der Waals surface area (Å²) in [4.78, 5) is 2.18. The summed E-state index contributed by atoms with van der Waals surface area (Å²) < 4.78 is 0. The highest BCUT2D eigenvalue weighted by atomic mass is 35.5. The van der Waals surface area contributed by atoms with Crippen LogP contribution in [0.3, 0.4) is 0 Å². The van der Waals surface area contributed by atoms with Crippen molar-refractivity contribution in [2.75, 3.05) is 18.0 Å². The van der Waals surface area contributed by atoms with Gasteiger partial charge in [-0.1, -0.05) is 59.1 Å². The number of benzene rings is 2. The fourth-order valence-electron chi connectivity index (χ4n) is 2.53. The van der Waals surface area contributed by atoms with Gasteiger partial charge in [0.25, 0.3) is 0 Å². The quantitative estimate of drug-likeness (QED) is 0.675. The fraction of sp³-hybridized carbons (Fsp3) is 0.176. The number of hydrogen-bond acceptors (Lipinski definition) is 1. The van der Waals surface area contributed by atoms with Crippen LogP contribution < -0.4 is 4.90 Å². The normalized spacial score (nSPS) is 15.0. The van der Waals surface area contributed by atoms with Gasteiger partial charge >= 0.3 is 0 Å². The third-order valence-electron chi connectivity index (χ3n) is 3.61. The van der Waals surface area contributed by atoms with Gasteiger partial charge in [-0.3, -0.25) is 0 Å². The number of halogens is 3. The zero-order valence-corrected chi connectivity index (χ0v) is 13.5. The summed E-state index contributed by atoms with van der Waals surface area (Å²) in [5.41, 5.74) is 3.41. The van der Waals surface area contributed by atoms with Crippen LogP contribution in [0, 0.1) is 6.07 Å². The molecule has 107 valence electrons. The molecule has 0 spiro atoms. The maximum Gasteiger partial charge on any atom is 0.0754 e. The Bertz CT molecular complexity index is 657. The second-order valence-corrected chi connectivity index (χ2v) is 6.14. The summed E-state index contributed by atoms with van der Waals surface area (Å²) in [6.07, 6.45) is 3.16. The third-order valence-corrected chi connectivity index (χ3v) is 4.46. The van der Waals surface area contributed by atoms with Crippen molar-refractivity contribution in [1.29, 1.82) is 0 Å². The molecule has 3 rings (SSSR count). The van der Waals surface area contributed by atoms with Gasteiger partial charge in [0.05, 0.1) is 15.7 Å². The van der Waals surface area contributed by atoms with Gasteiger partial charge in [0.1, 0.15) is 0 Å². The molecule has 0 unspecified atom stereocenters. The second-order valence-electron chi connectivity index (χ2n) is 4.92.